The van der Waals surface area contributed by atoms with Crippen LogP contribution in [0.2, 0.25) is 0 Å². The molecule has 1 fully saturated rings. The van der Waals surface area contributed by atoms with Gasteiger partial charge in [0.2, 0.25) is 5.91 Å². The van der Waals surface area contributed by atoms with Gasteiger partial charge in [-0.25, -0.2) is 0 Å². The molecule has 0 aliphatic carbocycles. The van der Waals surface area contributed by atoms with Crippen LogP contribution in [-0.4, -0.2) is 36.0 Å². The van der Waals surface area contributed by atoms with E-state index in [1.165, 1.54) is 0 Å². The summed E-state index contributed by atoms with van der Waals surface area (Å²) >= 11 is 0. The van der Waals surface area contributed by atoms with Crippen molar-refractivity contribution >= 4 is 5.91 Å². The van der Waals surface area contributed by atoms with Crippen LogP contribution in [0.4, 0.5) is 0 Å². The summed E-state index contributed by atoms with van der Waals surface area (Å²) in [5.41, 5.74) is -0.0681. The molecule has 0 saturated carbocycles. The lowest BCUT2D eigenvalue weighted by molar-refractivity contribution is -0.135. The predicted molar refractivity (Wildman–Crippen MR) is 53.5 cm³/mol. The fourth-order valence-electron chi connectivity index (χ4n) is 1.46. The van der Waals surface area contributed by atoms with Gasteiger partial charge in [0.15, 0.2) is 0 Å². The number of rotatable bonds is 1. The molecule has 3 nitrogen and oxygen atoms in total. The van der Waals surface area contributed by atoms with Gasteiger partial charge in [-0.3, -0.25) is 4.79 Å². The Bertz CT molecular complexity index is 190. The summed E-state index contributed by atoms with van der Waals surface area (Å²) in [4.78, 5) is 13.7. The molecule has 13 heavy (non-hydrogen) atoms. The number of likely N-dealkylation sites (N-methyl/N-ethyl adjacent to an activating group) is 1. The number of amides is 1. The second-order valence-electron chi connectivity index (χ2n) is 4.72. The van der Waals surface area contributed by atoms with Crippen molar-refractivity contribution in [1.29, 1.82) is 0 Å². The van der Waals surface area contributed by atoms with Gasteiger partial charge in [-0.15, -0.1) is 0 Å². The molecule has 1 N–H and O–H groups in total. The van der Waals surface area contributed by atoms with Crippen LogP contribution in [0.25, 0.3) is 0 Å². The minimum atomic E-state index is -0.0681. The number of nitrogens with zero attached hydrogens (tertiary/aromatic N) is 1. The van der Waals surface area contributed by atoms with Gasteiger partial charge >= 0.3 is 0 Å². The van der Waals surface area contributed by atoms with Crippen molar-refractivity contribution < 1.29 is 4.79 Å². The minimum Gasteiger partial charge on any atom is -0.340 e. The highest BCUT2D eigenvalue weighted by Gasteiger charge is 2.30. The highest BCUT2D eigenvalue weighted by atomic mass is 16.2. The molecule has 0 spiro atoms. The summed E-state index contributed by atoms with van der Waals surface area (Å²) < 4.78 is 0. The first kappa shape index (κ1) is 10.5. The Kier molecular flexibility index (Phi) is 2.96. The number of hydrogen-bond acceptors (Lipinski definition) is 2. The van der Waals surface area contributed by atoms with E-state index in [0.717, 1.165) is 19.4 Å². The smallest absolute Gasteiger partial charge is 0.239 e. The molecule has 1 rings (SSSR count). The number of carbonyl (C=O) groups is 1. The molecule has 1 unspecified atom stereocenters. The van der Waals surface area contributed by atoms with Crippen LogP contribution in [-0.2, 0) is 4.79 Å². The van der Waals surface area contributed by atoms with Gasteiger partial charge in [0.05, 0.1) is 6.04 Å². The molecule has 0 radical (unpaired) electrons. The van der Waals surface area contributed by atoms with Gasteiger partial charge in [0, 0.05) is 12.6 Å². The van der Waals surface area contributed by atoms with Crippen molar-refractivity contribution in [2.45, 2.75) is 45.2 Å². The zero-order chi connectivity index (χ0) is 10.1. The summed E-state index contributed by atoms with van der Waals surface area (Å²) in [5.74, 6) is 0.227. The SMILES string of the molecule is CN(C(=O)C1CCCN1)C(C)(C)C. The first-order valence-electron chi connectivity index (χ1n) is 4.94. The summed E-state index contributed by atoms with van der Waals surface area (Å²) in [7, 11) is 1.88. The molecule has 0 aromatic carbocycles. The number of hydrogen-bond donors (Lipinski definition) is 1. The van der Waals surface area contributed by atoms with E-state index >= 15 is 0 Å². The topological polar surface area (TPSA) is 32.3 Å². The Labute approximate surface area is 80.5 Å². The van der Waals surface area contributed by atoms with Gasteiger partial charge < -0.3 is 10.2 Å². The molecule has 76 valence electrons. The average Bonchev–Trinajstić information content (AvgIpc) is 2.51. The van der Waals surface area contributed by atoms with Gasteiger partial charge in [0.25, 0.3) is 0 Å². The molecule has 1 aliphatic heterocycles. The second-order valence-corrected chi connectivity index (χ2v) is 4.72. The maximum absolute atomic E-state index is 11.9. The van der Waals surface area contributed by atoms with Crippen LogP contribution < -0.4 is 5.32 Å². The number of carbonyl (C=O) groups excluding carboxylic acids is 1. The molecule has 1 heterocycles. The standard InChI is InChI=1S/C10H20N2O/c1-10(2,3)12(4)9(13)8-6-5-7-11-8/h8,11H,5-7H2,1-4H3. The lowest BCUT2D eigenvalue weighted by Crippen LogP contribution is -2.49. The van der Waals surface area contributed by atoms with Crippen molar-refractivity contribution in [3.05, 3.63) is 0 Å². The van der Waals surface area contributed by atoms with Crippen LogP contribution in [0, 0.1) is 0 Å². The van der Waals surface area contributed by atoms with E-state index in [0.29, 0.717) is 0 Å². The molecule has 1 saturated heterocycles. The maximum Gasteiger partial charge on any atom is 0.239 e. The first-order valence-corrected chi connectivity index (χ1v) is 4.94. The Balaban J connectivity index is 2.56. The third-order valence-corrected chi connectivity index (χ3v) is 2.70. The van der Waals surface area contributed by atoms with Crippen LogP contribution in [0.1, 0.15) is 33.6 Å². The molecule has 0 aromatic heterocycles. The van der Waals surface area contributed by atoms with Crippen molar-refractivity contribution in [1.82, 2.24) is 10.2 Å². The van der Waals surface area contributed by atoms with Crippen LogP contribution in [0.5, 0.6) is 0 Å². The van der Waals surface area contributed by atoms with Crippen LogP contribution in [0.3, 0.4) is 0 Å². The average molecular weight is 184 g/mol. The van der Waals surface area contributed by atoms with E-state index in [2.05, 4.69) is 26.1 Å². The van der Waals surface area contributed by atoms with Gasteiger partial charge in [0.1, 0.15) is 0 Å². The van der Waals surface area contributed by atoms with Crippen molar-refractivity contribution in [3.63, 3.8) is 0 Å². The van der Waals surface area contributed by atoms with Crippen LogP contribution >= 0.6 is 0 Å². The van der Waals surface area contributed by atoms with E-state index in [4.69, 9.17) is 0 Å². The Hall–Kier alpha value is -0.570. The molecule has 3 heteroatoms. The zero-order valence-corrected chi connectivity index (χ0v) is 9.05. The maximum atomic E-state index is 11.9. The highest BCUT2D eigenvalue weighted by molar-refractivity contribution is 5.82. The Morgan fingerprint density at radius 1 is 1.46 bits per heavy atom. The molecule has 1 amide bonds. The molecular formula is C10H20N2O. The number of nitrogens with one attached hydrogen (secondary N) is 1. The Morgan fingerprint density at radius 2 is 2.08 bits per heavy atom. The molecule has 0 bridgehead atoms. The minimum absolute atomic E-state index is 0.0595. The molecular weight excluding hydrogens is 164 g/mol. The third-order valence-electron chi connectivity index (χ3n) is 2.70. The summed E-state index contributed by atoms with van der Waals surface area (Å²) in [6.45, 7) is 7.15. The summed E-state index contributed by atoms with van der Waals surface area (Å²) in [6, 6.07) is 0.0595. The largest absolute Gasteiger partial charge is 0.340 e. The van der Waals surface area contributed by atoms with Crippen molar-refractivity contribution in [2.24, 2.45) is 0 Å². The quantitative estimate of drug-likeness (QED) is 0.659. The molecule has 1 aliphatic rings. The normalized spacial score (nSPS) is 23.2. The molecule has 1 atom stereocenters. The lowest BCUT2D eigenvalue weighted by Gasteiger charge is -2.33. The lowest BCUT2D eigenvalue weighted by atomic mass is 10.1. The monoisotopic (exact) mass is 184 g/mol. The van der Waals surface area contributed by atoms with Gasteiger partial charge in [-0.05, 0) is 40.2 Å². The third kappa shape index (κ3) is 2.44. The highest BCUT2D eigenvalue weighted by Crippen LogP contribution is 2.15. The van der Waals surface area contributed by atoms with Crippen molar-refractivity contribution in [3.8, 4) is 0 Å². The van der Waals surface area contributed by atoms with E-state index in [1.807, 2.05) is 11.9 Å². The summed E-state index contributed by atoms with van der Waals surface area (Å²) in [6.07, 6.45) is 2.10. The molecule has 0 aromatic rings. The van der Waals surface area contributed by atoms with E-state index in [9.17, 15) is 4.79 Å². The summed E-state index contributed by atoms with van der Waals surface area (Å²) in [5, 5.41) is 3.22. The van der Waals surface area contributed by atoms with Crippen LogP contribution in [0.15, 0.2) is 0 Å². The van der Waals surface area contributed by atoms with E-state index < -0.39 is 0 Å². The van der Waals surface area contributed by atoms with Gasteiger partial charge in [-0.1, -0.05) is 0 Å². The van der Waals surface area contributed by atoms with Gasteiger partial charge in [-0.2, -0.15) is 0 Å². The van der Waals surface area contributed by atoms with E-state index in [-0.39, 0.29) is 17.5 Å². The fraction of sp³-hybridized carbons (Fsp3) is 0.900. The van der Waals surface area contributed by atoms with Crippen molar-refractivity contribution in [2.75, 3.05) is 13.6 Å². The van der Waals surface area contributed by atoms with E-state index in [1.54, 1.807) is 0 Å². The predicted octanol–water partition coefficient (Wildman–Crippen LogP) is 0.995. The second kappa shape index (κ2) is 3.66. The Morgan fingerprint density at radius 3 is 2.46 bits per heavy atom. The zero-order valence-electron chi connectivity index (χ0n) is 9.05. The first-order chi connectivity index (χ1) is 5.93. The fourth-order valence-corrected chi connectivity index (χ4v) is 1.46.